The molecule has 0 unspecified atom stereocenters. The Morgan fingerprint density at radius 2 is 1.54 bits per heavy atom. The van der Waals surface area contributed by atoms with Gasteiger partial charge in [-0.05, 0) is 42.3 Å². The zero-order chi connectivity index (χ0) is 24.8. The van der Waals surface area contributed by atoms with Crippen molar-refractivity contribution in [2.75, 3.05) is 0 Å². The largest absolute Gasteiger partial charge is 0.457 e. The maximum Gasteiger partial charge on any atom is 0.262 e. The standard InChI is InChI=1S/C27H22NOS.ClHO4/c1-2-28-24-15-7-9-17-26(24)30-27(28)18-10-13-21-19-23(20-11-4-3-5-12-20)22-14-6-8-16-25(22)29-21;2-1(3,4)5/h3-19H,2H2,1H3;(H,2,3,4,5)/q+1;/p-1/b18-10+,21-13+;. The summed E-state index contributed by atoms with van der Waals surface area (Å²) in [5.41, 5.74) is 4.78. The van der Waals surface area contributed by atoms with Crippen LogP contribution in [0.5, 0.6) is 5.75 Å². The van der Waals surface area contributed by atoms with Crippen molar-refractivity contribution in [3.05, 3.63) is 119 Å². The lowest BCUT2D eigenvalue weighted by Crippen LogP contribution is -2.68. The number of aromatic nitrogens is 1. The summed E-state index contributed by atoms with van der Waals surface area (Å²) in [6.45, 7) is 3.13. The van der Waals surface area contributed by atoms with E-state index < -0.39 is 10.2 Å². The maximum atomic E-state index is 8.49. The normalized spacial score (nSPS) is 14.3. The molecule has 0 aliphatic carbocycles. The van der Waals surface area contributed by atoms with E-state index in [1.807, 2.05) is 35.6 Å². The number of nitrogens with zero attached hydrogens (tertiary/aromatic N) is 1. The summed E-state index contributed by atoms with van der Waals surface area (Å²) < 4.78 is 43.8. The van der Waals surface area contributed by atoms with Gasteiger partial charge >= 0.3 is 0 Å². The maximum absolute atomic E-state index is 8.49. The number of ether oxygens (including phenoxy) is 1. The number of benzene rings is 3. The van der Waals surface area contributed by atoms with Crippen LogP contribution in [0.4, 0.5) is 0 Å². The zero-order valence-corrected chi connectivity index (χ0v) is 20.4. The summed E-state index contributed by atoms with van der Waals surface area (Å²) in [6, 6.07) is 27.2. The predicted molar refractivity (Wildman–Crippen MR) is 125 cm³/mol. The molecular formula is C27H22ClNO5S. The number of aryl methyl sites for hydroxylation is 1. The first kappa shape index (κ1) is 24.8. The Morgan fingerprint density at radius 1 is 0.886 bits per heavy atom. The van der Waals surface area contributed by atoms with E-state index in [1.165, 1.54) is 26.4 Å². The summed E-state index contributed by atoms with van der Waals surface area (Å²) in [7, 11) is -4.94. The molecule has 0 spiro atoms. The van der Waals surface area contributed by atoms with Crippen LogP contribution in [0.25, 0.3) is 21.9 Å². The lowest BCUT2D eigenvalue weighted by molar-refractivity contribution is -2.00. The first-order chi connectivity index (χ1) is 16.8. The Labute approximate surface area is 209 Å². The lowest BCUT2D eigenvalue weighted by Gasteiger charge is -2.20. The first-order valence-electron chi connectivity index (χ1n) is 10.8. The third-order valence-corrected chi connectivity index (χ3v) is 6.36. The van der Waals surface area contributed by atoms with Gasteiger partial charge in [0.05, 0.1) is 0 Å². The molecule has 0 N–H and O–H groups in total. The van der Waals surface area contributed by atoms with E-state index in [9.17, 15) is 0 Å². The number of halogens is 1. The van der Waals surface area contributed by atoms with Gasteiger partial charge in [-0.25, -0.2) is 18.6 Å². The molecule has 0 radical (unpaired) electrons. The molecule has 8 heteroatoms. The Bertz CT molecular complexity index is 1400. The van der Waals surface area contributed by atoms with Crippen LogP contribution < -0.4 is 27.9 Å². The number of rotatable bonds is 4. The second-order valence-electron chi connectivity index (χ2n) is 7.48. The van der Waals surface area contributed by atoms with E-state index in [1.54, 1.807) is 0 Å². The third kappa shape index (κ3) is 6.43. The number of hydrogen-bond acceptors (Lipinski definition) is 6. The minimum atomic E-state index is -4.94. The molecule has 6 nitrogen and oxygen atoms in total. The van der Waals surface area contributed by atoms with Gasteiger partial charge in [-0.3, -0.25) is 0 Å². The minimum absolute atomic E-state index is 0.841. The Morgan fingerprint density at radius 3 is 2.29 bits per heavy atom. The number of fused-ring (bicyclic) bond motifs is 2. The molecule has 5 rings (SSSR count). The fraction of sp³-hybridized carbons (Fsp3) is 0.0741. The van der Waals surface area contributed by atoms with Crippen molar-refractivity contribution >= 4 is 33.2 Å². The smallest absolute Gasteiger partial charge is 0.262 e. The number of allylic oxidation sites excluding steroid dienone is 3. The van der Waals surface area contributed by atoms with E-state index in [0.717, 1.165) is 23.6 Å². The molecule has 0 bridgehead atoms. The molecular weight excluding hydrogens is 486 g/mol. The fourth-order valence-corrected chi connectivity index (χ4v) is 4.96. The lowest BCUT2D eigenvalue weighted by atomic mass is 9.95. The second kappa shape index (κ2) is 11.0. The van der Waals surface area contributed by atoms with Crippen LogP contribution >= 0.6 is 11.3 Å². The zero-order valence-electron chi connectivity index (χ0n) is 18.8. The molecule has 1 aliphatic rings. The van der Waals surface area contributed by atoms with Crippen LogP contribution in [0, 0.1) is 10.2 Å². The molecule has 0 amide bonds. The molecule has 1 aromatic heterocycles. The number of thiazole rings is 1. The average molecular weight is 508 g/mol. The van der Waals surface area contributed by atoms with E-state index in [-0.39, 0.29) is 0 Å². The molecule has 35 heavy (non-hydrogen) atoms. The van der Waals surface area contributed by atoms with Gasteiger partial charge in [0, 0.05) is 17.7 Å². The summed E-state index contributed by atoms with van der Waals surface area (Å²) in [5.74, 6) is 1.73. The number of hydrogen-bond donors (Lipinski definition) is 0. The van der Waals surface area contributed by atoms with Gasteiger partial charge in [0.2, 0.25) is 5.52 Å². The Balaban J connectivity index is 0.000000527. The minimum Gasteiger partial charge on any atom is -0.457 e. The van der Waals surface area contributed by atoms with Gasteiger partial charge in [0.1, 0.15) is 22.8 Å². The third-order valence-electron chi connectivity index (χ3n) is 5.23. The molecule has 0 fully saturated rings. The van der Waals surface area contributed by atoms with E-state index in [0.29, 0.717) is 0 Å². The summed E-state index contributed by atoms with van der Waals surface area (Å²) in [6.07, 6.45) is 8.42. The van der Waals surface area contributed by atoms with Crippen molar-refractivity contribution in [3.8, 4) is 5.75 Å². The summed E-state index contributed by atoms with van der Waals surface area (Å²) in [4.78, 5) is 0. The van der Waals surface area contributed by atoms with Crippen molar-refractivity contribution in [2.24, 2.45) is 0 Å². The Kier molecular flexibility index (Phi) is 7.77. The fourth-order valence-electron chi connectivity index (χ4n) is 3.82. The quantitative estimate of drug-likeness (QED) is 0.392. The van der Waals surface area contributed by atoms with Crippen LogP contribution in [-0.4, -0.2) is 0 Å². The van der Waals surface area contributed by atoms with Crippen LogP contribution in [0.2, 0.25) is 0 Å². The highest BCUT2D eigenvalue weighted by atomic mass is 35.7. The molecule has 3 aromatic carbocycles. The van der Waals surface area contributed by atoms with Crippen LogP contribution in [0.3, 0.4) is 0 Å². The second-order valence-corrected chi connectivity index (χ2v) is 9.30. The number of para-hydroxylation sites is 2. The highest BCUT2D eigenvalue weighted by molar-refractivity contribution is 7.18. The van der Waals surface area contributed by atoms with Crippen LogP contribution in [-0.2, 0) is 6.54 Å². The van der Waals surface area contributed by atoms with Crippen LogP contribution in [0.15, 0.2) is 103 Å². The van der Waals surface area contributed by atoms with Crippen molar-refractivity contribution in [1.82, 2.24) is 0 Å². The molecule has 0 saturated carbocycles. The molecule has 2 heterocycles. The van der Waals surface area contributed by atoms with Gasteiger partial charge in [-0.1, -0.05) is 78.1 Å². The highest BCUT2D eigenvalue weighted by Crippen LogP contribution is 2.36. The molecule has 1 aliphatic heterocycles. The summed E-state index contributed by atoms with van der Waals surface area (Å²) in [5, 5.41) is 1.24. The van der Waals surface area contributed by atoms with Gasteiger partial charge < -0.3 is 4.74 Å². The van der Waals surface area contributed by atoms with Crippen molar-refractivity contribution in [3.63, 3.8) is 0 Å². The van der Waals surface area contributed by atoms with Crippen molar-refractivity contribution < 1.29 is 38.2 Å². The van der Waals surface area contributed by atoms with Gasteiger partial charge in [-0.15, -0.1) is 10.2 Å². The van der Waals surface area contributed by atoms with Crippen molar-refractivity contribution in [1.29, 1.82) is 0 Å². The predicted octanol–water partition coefficient (Wildman–Crippen LogP) is 1.87. The molecule has 178 valence electrons. The van der Waals surface area contributed by atoms with Crippen molar-refractivity contribution in [2.45, 2.75) is 13.5 Å². The average Bonchev–Trinajstić information content (AvgIpc) is 3.20. The topological polar surface area (TPSA) is 105 Å². The van der Waals surface area contributed by atoms with Gasteiger partial charge in [0.25, 0.3) is 5.01 Å². The SMILES string of the molecule is CC[n+]1c(/C=C/C=C2\C=C(c3ccccc3)c3ccccc3O2)sc2ccccc21.[O-][Cl+3]([O-])([O-])[O-]. The first-order valence-corrected chi connectivity index (χ1v) is 12.8. The molecule has 0 saturated heterocycles. The Hall–Kier alpha value is -3.30. The van der Waals surface area contributed by atoms with Crippen LogP contribution in [0.1, 0.15) is 23.1 Å². The van der Waals surface area contributed by atoms with E-state index in [4.69, 9.17) is 23.4 Å². The van der Waals surface area contributed by atoms with E-state index >= 15 is 0 Å². The monoisotopic (exact) mass is 507 g/mol. The molecule has 0 atom stereocenters. The van der Waals surface area contributed by atoms with Gasteiger partial charge in [0.15, 0.2) is 0 Å². The van der Waals surface area contributed by atoms with E-state index in [2.05, 4.69) is 90.4 Å². The van der Waals surface area contributed by atoms with Gasteiger partial charge in [-0.2, -0.15) is 4.57 Å². The molecule has 4 aromatic rings. The summed E-state index contributed by atoms with van der Waals surface area (Å²) >= 11 is 1.81. The highest BCUT2D eigenvalue weighted by Gasteiger charge is 2.18.